The van der Waals surface area contributed by atoms with E-state index in [0.717, 1.165) is 25.7 Å². The van der Waals surface area contributed by atoms with E-state index in [1.165, 1.54) is 30.0 Å². The van der Waals surface area contributed by atoms with Crippen molar-refractivity contribution in [2.75, 3.05) is 5.75 Å². The molecule has 1 saturated carbocycles. The summed E-state index contributed by atoms with van der Waals surface area (Å²) in [5.41, 5.74) is 0.0697. The summed E-state index contributed by atoms with van der Waals surface area (Å²) in [5.74, 6) is -0.943. The number of rotatable bonds is 10. The van der Waals surface area contributed by atoms with Gasteiger partial charge in [-0.1, -0.05) is 42.8 Å². The van der Waals surface area contributed by atoms with Crippen molar-refractivity contribution < 1.29 is 19.2 Å². The number of carbonyl (C=O) groups excluding carboxylic acids is 2. The number of nitro benzene ring substituents is 1. The van der Waals surface area contributed by atoms with Crippen LogP contribution in [0.2, 0.25) is 0 Å². The van der Waals surface area contributed by atoms with Gasteiger partial charge in [0.25, 0.3) is 5.69 Å². The second-order valence-corrected chi connectivity index (χ2v) is 8.75. The predicted molar refractivity (Wildman–Crippen MR) is 116 cm³/mol. The van der Waals surface area contributed by atoms with Crippen molar-refractivity contribution in [3.63, 3.8) is 0 Å². The molecule has 1 amide bonds. The van der Waals surface area contributed by atoms with Gasteiger partial charge in [0.1, 0.15) is 0 Å². The summed E-state index contributed by atoms with van der Waals surface area (Å²) in [6, 6.07) is 5.36. The van der Waals surface area contributed by atoms with Crippen molar-refractivity contribution in [1.29, 1.82) is 0 Å². The van der Waals surface area contributed by atoms with E-state index in [0.29, 0.717) is 5.16 Å². The molecule has 1 aliphatic rings. The summed E-state index contributed by atoms with van der Waals surface area (Å²) in [5, 5.41) is 26.5. The number of para-hydroxylation sites is 1. The van der Waals surface area contributed by atoms with Crippen LogP contribution >= 0.6 is 11.8 Å². The monoisotopic (exact) mass is 462 g/mol. The van der Waals surface area contributed by atoms with Crippen molar-refractivity contribution in [3.05, 3.63) is 39.9 Å². The van der Waals surface area contributed by atoms with E-state index >= 15 is 0 Å². The van der Waals surface area contributed by atoms with Crippen LogP contribution in [0.5, 0.6) is 0 Å². The number of nitro groups is 1. The third kappa shape index (κ3) is 6.25. The van der Waals surface area contributed by atoms with Crippen molar-refractivity contribution in [3.8, 4) is 0 Å². The lowest BCUT2D eigenvalue weighted by Crippen LogP contribution is -2.32. The Bertz CT molecular complexity index is 959. The molecule has 11 nitrogen and oxygen atoms in total. The first-order chi connectivity index (χ1) is 15.3. The molecular weight excluding hydrogens is 436 g/mol. The van der Waals surface area contributed by atoms with Crippen LogP contribution in [0.1, 0.15) is 63.6 Å². The number of aromatic nitrogens is 4. The maximum atomic E-state index is 12.7. The van der Waals surface area contributed by atoms with Crippen LogP contribution in [-0.2, 0) is 14.3 Å². The molecule has 1 unspecified atom stereocenters. The smallest absolute Gasteiger partial charge is 0.308 e. The molecule has 1 fully saturated rings. The number of nitrogens with one attached hydrogen (secondary N) is 1. The van der Waals surface area contributed by atoms with Gasteiger partial charge in [-0.25, -0.2) is 4.68 Å². The number of hydrogen-bond donors (Lipinski definition) is 1. The van der Waals surface area contributed by atoms with Crippen molar-refractivity contribution >= 4 is 29.3 Å². The lowest BCUT2D eigenvalue weighted by atomic mass is 10.0. The van der Waals surface area contributed by atoms with Gasteiger partial charge in [-0.3, -0.25) is 19.7 Å². The molecule has 12 heteroatoms. The number of hydrogen-bond acceptors (Lipinski definition) is 9. The Labute approximate surface area is 189 Å². The summed E-state index contributed by atoms with van der Waals surface area (Å²) in [6.07, 6.45) is 3.69. The Morgan fingerprint density at radius 2 is 2.03 bits per heavy atom. The maximum absolute atomic E-state index is 12.7. The molecule has 0 bridgehead atoms. The van der Waals surface area contributed by atoms with E-state index in [2.05, 4.69) is 20.8 Å². The lowest BCUT2D eigenvalue weighted by molar-refractivity contribution is -0.385. The molecule has 0 spiro atoms. The van der Waals surface area contributed by atoms with Gasteiger partial charge >= 0.3 is 5.97 Å². The minimum atomic E-state index is -0.901. The fourth-order valence-electron chi connectivity index (χ4n) is 3.69. The molecule has 0 saturated heterocycles. The number of thioether (sulfide) groups is 1. The molecule has 1 N–H and O–H groups in total. The van der Waals surface area contributed by atoms with Gasteiger partial charge in [0.05, 0.1) is 40.8 Å². The highest BCUT2D eigenvalue weighted by Gasteiger charge is 2.27. The number of amides is 1. The third-order valence-corrected chi connectivity index (χ3v) is 5.98. The molecule has 3 rings (SSSR count). The molecule has 1 heterocycles. The summed E-state index contributed by atoms with van der Waals surface area (Å²) in [6.45, 7) is 3.42. The Balaban J connectivity index is 1.70. The van der Waals surface area contributed by atoms with Crippen LogP contribution in [0, 0.1) is 10.1 Å². The second kappa shape index (κ2) is 11.0. The molecule has 1 aromatic carbocycles. The standard InChI is InChI=1S/C20H26N6O5S/c1-13(2)31-19(28)11-16(15-9-5-6-10-17(15)26(29)30)21-18(27)12-32-20-22-23-24-25(20)14-7-3-4-8-14/h5-6,9-10,13-14,16H,3-4,7-8,11-12H2,1-2H3,(H,21,27). The highest BCUT2D eigenvalue weighted by molar-refractivity contribution is 7.99. The summed E-state index contributed by atoms with van der Waals surface area (Å²) >= 11 is 1.19. The zero-order valence-corrected chi connectivity index (χ0v) is 18.8. The molecule has 172 valence electrons. The number of esters is 1. The first-order valence-corrected chi connectivity index (χ1v) is 11.5. The van der Waals surface area contributed by atoms with Gasteiger partial charge in [-0.15, -0.1) is 5.10 Å². The molecule has 1 aromatic heterocycles. The molecule has 1 aliphatic carbocycles. The van der Waals surface area contributed by atoms with Crippen molar-refractivity contribution in [2.24, 2.45) is 0 Å². The molecule has 32 heavy (non-hydrogen) atoms. The number of tetrazole rings is 1. The largest absolute Gasteiger partial charge is 0.463 e. The van der Waals surface area contributed by atoms with Gasteiger partial charge in [-0.2, -0.15) is 0 Å². The number of benzene rings is 1. The molecule has 0 radical (unpaired) electrons. The summed E-state index contributed by atoms with van der Waals surface area (Å²) in [7, 11) is 0. The minimum absolute atomic E-state index is 0.00343. The van der Waals surface area contributed by atoms with Crippen molar-refractivity contribution in [1.82, 2.24) is 25.5 Å². The highest BCUT2D eigenvalue weighted by Crippen LogP contribution is 2.32. The Morgan fingerprint density at radius 3 is 2.72 bits per heavy atom. The fraction of sp³-hybridized carbons (Fsp3) is 0.550. The molecule has 0 aliphatic heterocycles. The zero-order valence-electron chi connectivity index (χ0n) is 18.0. The second-order valence-electron chi connectivity index (χ2n) is 7.81. The van der Waals surface area contributed by atoms with Crippen LogP contribution in [0.25, 0.3) is 0 Å². The lowest BCUT2D eigenvalue weighted by Gasteiger charge is -2.19. The average Bonchev–Trinajstić information content (AvgIpc) is 3.42. The van der Waals surface area contributed by atoms with Crippen LogP contribution in [-0.4, -0.2) is 48.9 Å². The molecule has 2 aromatic rings. The van der Waals surface area contributed by atoms with Gasteiger partial charge in [0, 0.05) is 6.07 Å². The van der Waals surface area contributed by atoms with E-state index in [9.17, 15) is 19.7 Å². The van der Waals surface area contributed by atoms with Crippen LogP contribution in [0.4, 0.5) is 5.69 Å². The summed E-state index contributed by atoms with van der Waals surface area (Å²) in [4.78, 5) is 35.9. The number of carbonyl (C=O) groups is 2. The van der Waals surface area contributed by atoms with Crippen molar-refractivity contribution in [2.45, 2.75) is 69.3 Å². The van der Waals surface area contributed by atoms with E-state index < -0.39 is 22.8 Å². The van der Waals surface area contributed by atoms with Crippen LogP contribution < -0.4 is 5.32 Å². The third-order valence-electron chi connectivity index (χ3n) is 5.05. The fourth-order valence-corrected chi connectivity index (χ4v) is 4.45. The first kappa shape index (κ1) is 23.6. The van der Waals surface area contributed by atoms with Gasteiger partial charge < -0.3 is 10.1 Å². The molecular formula is C20H26N6O5S. The first-order valence-electron chi connectivity index (χ1n) is 10.5. The Kier molecular flexibility index (Phi) is 8.14. The molecule has 1 atom stereocenters. The Hall–Kier alpha value is -3.02. The SMILES string of the molecule is CC(C)OC(=O)CC(NC(=O)CSc1nnnn1C1CCCC1)c1ccccc1[N+](=O)[O-]. The normalized spacial score (nSPS) is 15.0. The van der Waals surface area contributed by atoms with E-state index in [-0.39, 0.29) is 35.6 Å². The van der Waals surface area contributed by atoms with E-state index in [1.807, 2.05) is 0 Å². The maximum Gasteiger partial charge on any atom is 0.308 e. The zero-order chi connectivity index (χ0) is 23.1. The quantitative estimate of drug-likeness (QED) is 0.244. The minimum Gasteiger partial charge on any atom is -0.463 e. The topological polar surface area (TPSA) is 142 Å². The van der Waals surface area contributed by atoms with E-state index in [4.69, 9.17) is 4.74 Å². The average molecular weight is 463 g/mol. The Morgan fingerprint density at radius 1 is 1.31 bits per heavy atom. The summed E-state index contributed by atoms with van der Waals surface area (Å²) < 4.78 is 6.93. The number of nitrogens with zero attached hydrogens (tertiary/aromatic N) is 5. The van der Waals surface area contributed by atoms with Crippen LogP contribution in [0.3, 0.4) is 0 Å². The predicted octanol–water partition coefficient (Wildman–Crippen LogP) is 2.99. The van der Waals surface area contributed by atoms with Gasteiger partial charge in [-0.05, 0) is 37.1 Å². The van der Waals surface area contributed by atoms with Gasteiger partial charge in [0.2, 0.25) is 11.1 Å². The van der Waals surface area contributed by atoms with Gasteiger partial charge in [0.15, 0.2) is 0 Å². The van der Waals surface area contributed by atoms with E-state index in [1.54, 1.807) is 24.6 Å². The number of ether oxygens (including phenoxy) is 1. The highest BCUT2D eigenvalue weighted by atomic mass is 32.2. The van der Waals surface area contributed by atoms with Crippen LogP contribution in [0.15, 0.2) is 29.4 Å².